The fourth-order valence-corrected chi connectivity index (χ4v) is 4.74. The Labute approximate surface area is 279 Å². The summed E-state index contributed by atoms with van der Waals surface area (Å²) in [5.74, 6) is -3.02. The number of nitrogens with zero attached hydrogens (tertiary/aromatic N) is 1. The van der Waals surface area contributed by atoms with Crippen molar-refractivity contribution < 1.29 is 47.0 Å². The molecule has 3 aromatic carbocycles. The molecule has 5 rings (SSSR count). The van der Waals surface area contributed by atoms with Gasteiger partial charge in [-0.3, -0.25) is 19.2 Å². The SMILES string of the molecule is NCCCCCNC(=O)c1ccc(NC(=O)c2ccc(CN(C(=O)c3ccc4c(c3)OCC(=O)N4)C3CC3)cc2)cc1.O=C(O)C(F)(F)F. The van der Waals surface area contributed by atoms with Crippen LogP contribution in [-0.2, 0) is 16.1 Å². The van der Waals surface area contributed by atoms with Crippen molar-refractivity contribution in [2.75, 3.05) is 30.3 Å². The molecule has 3 aromatic rings. The van der Waals surface area contributed by atoms with E-state index in [4.69, 9.17) is 20.4 Å². The zero-order valence-electron chi connectivity index (χ0n) is 26.3. The highest BCUT2D eigenvalue weighted by molar-refractivity contribution is 6.04. The van der Waals surface area contributed by atoms with Crippen LogP contribution in [0.25, 0.3) is 0 Å². The van der Waals surface area contributed by atoms with Gasteiger partial charge in [-0.15, -0.1) is 0 Å². The number of halogens is 3. The Morgan fingerprint density at radius 1 is 0.898 bits per heavy atom. The fraction of sp³-hybridized carbons (Fsp3) is 0.324. The third kappa shape index (κ3) is 10.8. The molecule has 1 heterocycles. The van der Waals surface area contributed by atoms with Gasteiger partial charge in [0.2, 0.25) is 0 Å². The molecule has 0 unspecified atom stereocenters. The highest BCUT2D eigenvalue weighted by atomic mass is 19.4. The monoisotopic (exact) mass is 683 g/mol. The summed E-state index contributed by atoms with van der Waals surface area (Å²) >= 11 is 0. The summed E-state index contributed by atoms with van der Waals surface area (Å²) in [5, 5.41) is 15.6. The lowest BCUT2D eigenvalue weighted by Gasteiger charge is -2.24. The Bertz CT molecular complexity index is 1660. The maximum absolute atomic E-state index is 13.4. The van der Waals surface area contributed by atoms with Crippen molar-refractivity contribution in [2.24, 2.45) is 5.73 Å². The van der Waals surface area contributed by atoms with E-state index in [0.29, 0.717) is 53.4 Å². The number of unbranched alkanes of at least 4 members (excludes halogenated alkanes) is 2. The molecule has 6 N–H and O–H groups in total. The van der Waals surface area contributed by atoms with Gasteiger partial charge < -0.3 is 36.4 Å². The van der Waals surface area contributed by atoms with Crippen LogP contribution < -0.4 is 26.4 Å². The van der Waals surface area contributed by atoms with Gasteiger partial charge in [0.05, 0.1) is 5.69 Å². The molecular formula is C34H36F3N5O7. The van der Waals surface area contributed by atoms with E-state index < -0.39 is 12.1 Å². The van der Waals surface area contributed by atoms with Crippen LogP contribution in [0.1, 0.15) is 68.7 Å². The van der Waals surface area contributed by atoms with Gasteiger partial charge in [-0.25, -0.2) is 4.79 Å². The molecule has 4 amide bonds. The molecular weight excluding hydrogens is 647 g/mol. The predicted octanol–water partition coefficient (Wildman–Crippen LogP) is 4.57. The maximum atomic E-state index is 13.4. The summed E-state index contributed by atoms with van der Waals surface area (Å²) in [4.78, 5) is 60.8. The lowest BCUT2D eigenvalue weighted by Crippen LogP contribution is -2.33. The molecule has 2 aliphatic rings. The molecule has 12 nitrogen and oxygen atoms in total. The minimum atomic E-state index is -5.08. The zero-order chi connectivity index (χ0) is 35.6. The molecule has 1 fully saturated rings. The van der Waals surface area contributed by atoms with Crippen LogP contribution in [0.3, 0.4) is 0 Å². The molecule has 15 heteroatoms. The molecule has 0 spiro atoms. The third-order valence-electron chi connectivity index (χ3n) is 7.49. The molecule has 260 valence electrons. The second kappa shape index (κ2) is 16.6. The number of nitrogens with one attached hydrogen (secondary N) is 3. The van der Waals surface area contributed by atoms with Crippen LogP contribution in [0.4, 0.5) is 24.5 Å². The number of benzene rings is 3. The zero-order valence-corrected chi connectivity index (χ0v) is 26.3. The maximum Gasteiger partial charge on any atom is 0.490 e. The first kappa shape index (κ1) is 36.4. The number of carboxylic acids is 1. The lowest BCUT2D eigenvalue weighted by molar-refractivity contribution is -0.192. The highest BCUT2D eigenvalue weighted by Crippen LogP contribution is 2.33. The van der Waals surface area contributed by atoms with Gasteiger partial charge in [0.1, 0.15) is 5.75 Å². The molecule has 0 bridgehead atoms. The minimum Gasteiger partial charge on any atom is -0.482 e. The van der Waals surface area contributed by atoms with Crippen molar-refractivity contribution in [1.82, 2.24) is 10.2 Å². The Kier molecular flexibility index (Phi) is 12.3. The highest BCUT2D eigenvalue weighted by Gasteiger charge is 2.38. The summed E-state index contributed by atoms with van der Waals surface area (Å²) in [6.07, 6.45) is -0.385. The van der Waals surface area contributed by atoms with E-state index in [1.165, 1.54) is 0 Å². The van der Waals surface area contributed by atoms with Gasteiger partial charge in [0.25, 0.3) is 23.6 Å². The molecule has 0 aromatic heterocycles. The number of hydrogen-bond acceptors (Lipinski definition) is 7. The first-order valence-corrected chi connectivity index (χ1v) is 15.5. The van der Waals surface area contributed by atoms with Crippen molar-refractivity contribution >= 4 is 41.0 Å². The summed E-state index contributed by atoms with van der Waals surface area (Å²) < 4.78 is 37.2. The van der Waals surface area contributed by atoms with Crippen LogP contribution in [0.2, 0.25) is 0 Å². The number of fused-ring (bicyclic) bond motifs is 1. The summed E-state index contributed by atoms with van der Waals surface area (Å²) in [5.41, 5.74) is 9.05. The number of amides is 4. The van der Waals surface area contributed by atoms with E-state index in [1.807, 2.05) is 17.0 Å². The molecule has 0 saturated heterocycles. The summed E-state index contributed by atoms with van der Waals surface area (Å²) in [6.45, 7) is 1.60. The molecule has 1 saturated carbocycles. The third-order valence-corrected chi connectivity index (χ3v) is 7.49. The molecule has 0 atom stereocenters. The number of carboxylic acid groups (broad SMARTS) is 1. The average molecular weight is 684 g/mol. The predicted molar refractivity (Wildman–Crippen MR) is 173 cm³/mol. The van der Waals surface area contributed by atoms with E-state index in [1.54, 1.807) is 54.6 Å². The number of ether oxygens (including phenoxy) is 1. The average Bonchev–Trinajstić information content (AvgIpc) is 3.92. The quantitative estimate of drug-likeness (QED) is 0.172. The molecule has 49 heavy (non-hydrogen) atoms. The number of anilines is 2. The number of hydrogen-bond donors (Lipinski definition) is 5. The first-order valence-electron chi connectivity index (χ1n) is 15.5. The number of rotatable bonds is 12. The van der Waals surface area contributed by atoms with Crippen LogP contribution >= 0.6 is 0 Å². The van der Waals surface area contributed by atoms with Gasteiger partial charge in [0, 0.05) is 41.5 Å². The number of aliphatic carboxylic acids is 1. The van der Waals surface area contributed by atoms with Crippen LogP contribution in [0.5, 0.6) is 5.75 Å². The van der Waals surface area contributed by atoms with Crippen molar-refractivity contribution in [2.45, 2.75) is 50.9 Å². The second-order valence-electron chi connectivity index (χ2n) is 11.3. The van der Waals surface area contributed by atoms with Gasteiger partial charge in [-0.1, -0.05) is 18.6 Å². The van der Waals surface area contributed by atoms with Crippen LogP contribution in [-0.4, -0.2) is 71.5 Å². The van der Waals surface area contributed by atoms with Crippen molar-refractivity contribution in [1.29, 1.82) is 0 Å². The number of carbonyl (C=O) groups is 5. The number of alkyl halides is 3. The normalized spacial score (nSPS) is 13.4. The topological polar surface area (TPSA) is 180 Å². The van der Waals surface area contributed by atoms with E-state index in [0.717, 1.165) is 37.7 Å². The van der Waals surface area contributed by atoms with E-state index >= 15 is 0 Å². The molecule has 0 radical (unpaired) electrons. The van der Waals surface area contributed by atoms with Gasteiger partial charge >= 0.3 is 12.1 Å². The summed E-state index contributed by atoms with van der Waals surface area (Å²) in [7, 11) is 0. The van der Waals surface area contributed by atoms with E-state index in [9.17, 15) is 32.3 Å². The lowest BCUT2D eigenvalue weighted by atomic mass is 10.1. The standard InChI is InChI=1S/C32H35N5O5.C2HF3O2/c33-16-2-1-3-17-34-30(39)22-8-11-25(12-9-22)35-31(40)23-6-4-21(5-7-23)19-37(26-13-14-26)32(41)24-10-15-27-28(18-24)42-20-29(38)36-27;3-2(4,5)1(6)7/h4-12,15,18,26H,1-3,13-14,16-17,19-20,33H2,(H,34,39)(H,35,40)(H,36,38);(H,6,7). The van der Waals surface area contributed by atoms with Gasteiger partial charge in [0.15, 0.2) is 6.61 Å². The van der Waals surface area contributed by atoms with Crippen molar-refractivity contribution in [3.8, 4) is 5.75 Å². The largest absolute Gasteiger partial charge is 0.490 e. The van der Waals surface area contributed by atoms with Crippen LogP contribution in [0, 0.1) is 0 Å². The number of carbonyl (C=O) groups excluding carboxylic acids is 4. The van der Waals surface area contributed by atoms with Crippen LogP contribution in [0.15, 0.2) is 66.7 Å². The van der Waals surface area contributed by atoms with E-state index in [2.05, 4.69) is 16.0 Å². The Hall–Kier alpha value is -5.44. The molecule has 1 aliphatic carbocycles. The Balaban J connectivity index is 0.000000698. The minimum absolute atomic E-state index is 0.0738. The summed E-state index contributed by atoms with van der Waals surface area (Å²) in [6, 6.07) is 19.2. The van der Waals surface area contributed by atoms with Gasteiger partial charge in [-0.2, -0.15) is 13.2 Å². The van der Waals surface area contributed by atoms with Crippen molar-refractivity contribution in [3.63, 3.8) is 0 Å². The fourth-order valence-electron chi connectivity index (χ4n) is 4.74. The number of nitrogens with two attached hydrogens (primary N) is 1. The smallest absolute Gasteiger partial charge is 0.482 e. The van der Waals surface area contributed by atoms with E-state index in [-0.39, 0.29) is 36.3 Å². The first-order chi connectivity index (χ1) is 23.3. The molecule has 1 aliphatic heterocycles. The Morgan fingerprint density at radius 3 is 2.12 bits per heavy atom. The second-order valence-corrected chi connectivity index (χ2v) is 11.3. The van der Waals surface area contributed by atoms with Crippen molar-refractivity contribution in [3.05, 3.63) is 89.0 Å². The van der Waals surface area contributed by atoms with Gasteiger partial charge in [-0.05, 0) is 92.4 Å². The Morgan fingerprint density at radius 2 is 1.51 bits per heavy atom.